The average molecular weight is 274 g/mol. The van der Waals surface area contributed by atoms with Crippen molar-refractivity contribution in [1.29, 1.82) is 0 Å². The highest BCUT2D eigenvalue weighted by molar-refractivity contribution is 6.78. The van der Waals surface area contributed by atoms with E-state index in [2.05, 4.69) is 58.6 Å². The summed E-state index contributed by atoms with van der Waals surface area (Å²) in [7, 11) is -2.77. The van der Waals surface area contributed by atoms with Crippen LogP contribution in [0.15, 0.2) is 0 Å². The van der Waals surface area contributed by atoms with Gasteiger partial charge in [0.1, 0.15) is 0 Å². The van der Waals surface area contributed by atoms with Crippen LogP contribution < -0.4 is 0 Å². The molecule has 1 aliphatic heterocycles. The summed E-state index contributed by atoms with van der Waals surface area (Å²) in [6.07, 6.45) is 2.65. The standard InChI is InChI=1S/C13H31NOSi2/c1-13(2,3)17(7,8)15-14-11-9-10-12(14)16(4,5)6/h12H,9-11H2,1-8H3/t12-/m0/s1. The molecule has 4 heteroatoms. The van der Waals surface area contributed by atoms with E-state index >= 15 is 0 Å². The smallest absolute Gasteiger partial charge is 0.220 e. The predicted octanol–water partition coefficient (Wildman–Crippen LogP) is 4.27. The third-order valence-electron chi connectivity index (χ3n) is 4.36. The van der Waals surface area contributed by atoms with Crippen LogP contribution in [0, 0.1) is 0 Å². The second kappa shape index (κ2) is 4.80. The van der Waals surface area contributed by atoms with E-state index in [1.807, 2.05) is 0 Å². The van der Waals surface area contributed by atoms with Crippen molar-refractivity contribution in [3.63, 3.8) is 0 Å². The summed E-state index contributed by atoms with van der Waals surface area (Å²) in [5.74, 6) is 0. The fourth-order valence-electron chi connectivity index (χ4n) is 2.14. The number of hydroxylamine groups is 2. The van der Waals surface area contributed by atoms with E-state index in [1.165, 1.54) is 12.8 Å². The third kappa shape index (κ3) is 3.66. The molecule has 0 aromatic carbocycles. The van der Waals surface area contributed by atoms with Crippen LogP contribution in [0.3, 0.4) is 0 Å². The van der Waals surface area contributed by atoms with Gasteiger partial charge in [0.15, 0.2) is 0 Å². The van der Waals surface area contributed by atoms with Gasteiger partial charge in [0, 0.05) is 12.2 Å². The van der Waals surface area contributed by atoms with Gasteiger partial charge < -0.3 is 4.53 Å². The zero-order valence-corrected chi connectivity index (χ0v) is 15.1. The lowest BCUT2D eigenvalue weighted by atomic mass is 10.2. The molecule has 0 bridgehead atoms. The highest BCUT2D eigenvalue weighted by Crippen LogP contribution is 2.39. The summed E-state index contributed by atoms with van der Waals surface area (Å²) in [6, 6.07) is 0. The zero-order valence-electron chi connectivity index (χ0n) is 13.1. The van der Waals surface area contributed by atoms with Gasteiger partial charge in [0.05, 0.1) is 8.07 Å². The Labute approximate surface area is 110 Å². The molecule has 1 atom stereocenters. The van der Waals surface area contributed by atoms with E-state index in [-0.39, 0.29) is 0 Å². The van der Waals surface area contributed by atoms with Gasteiger partial charge in [-0.05, 0) is 31.0 Å². The molecule has 0 unspecified atom stereocenters. The highest BCUT2D eigenvalue weighted by atomic mass is 28.4. The molecule has 1 rings (SSSR count). The first kappa shape index (κ1) is 15.4. The maximum Gasteiger partial charge on any atom is 0.220 e. The number of hydrogen-bond donors (Lipinski definition) is 0. The fourth-order valence-corrected chi connectivity index (χ4v) is 5.44. The molecule has 1 fully saturated rings. The Morgan fingerprint density at radius 2 is 1.59 bits per heavy atom. The van der Waals surface area contributed by atoms with Gasteiger partial charge in [-0.1, -0.05) is 40.4 Å². The van der Waals surface area contributed by atoms with Gasteiger partial charge in [-0.25, -0.2) is 5.06 Å². The van der Waals surface area contributed by atoms with Crippen molar-refractivity contribution in [3.8, 4) is 0 Å². The number of hydrogen-bond acceptors (Lipinski definition) is 2. The van der Waals surface area contributed by atoms with Crippen molar-refractivity contribution < 1.29 is 4.53 Å². The molecule has 1 heterocycles. The maximum absolute atomic E-state index is 6.51. The van der Waals surface area contributed by atoms with Crippen LogP contribution in [0.5, 0.6) is 0 Å². The lowest BCUT2D eigenvalue weighted by Crippen LogP contribution is -2.53. The van der Waals surface area contributed by atoms with Gasteiger partial charge >= 0.3 is 0 Å². The van der Waals surface area contributed by atoms with Crippen LogP contribution in [0.1, 0.15) is 33.6 Å². The molecular formula is C13H31NOSi2. The molecule has 0 N–H and O–H groups in total. The third-order valence-corrected chi connectivity index (χ3v) is 11.2. The van der Waals surface area contributed by atoms with E-state index in [0.29, 0.717) is 5.04 Å². The Kier molecular flexibility index (Phi) is 4.35. The summed E-state index contributed by atoms with van der Waals surface area (Å²) < 4.78 is 6.51. The van der Waals surface area contributed by atoms with Gasteiger partial charge in [0.25, 0.3) is 0 Å². The molecule has 1 saturated heterocycles. The summed E-state index contributed by atoms with van der Waals surface area (Å²) >= 11 is 0. The van der Waals surface area contributed by atoms with Crippen LogP contribution in [0.25, 0.3) is 0 Å². The predicted molar refractivity (Wildman–Crippen MR) is 81.4 cm³/mol. The quantitative estimate of drug-likeness (QED) is 0.712. The fraction of sp³-hybridized carbons (Fsp3) is 1.00. The first-order valence-corrected chi connectivity index (χ1v) is 13.4. The highest BCUT2D eigenvalue weighted by Gasteiger charge is 2.44. The minimum atomic E-state index is -1.64. The Morgan fingerprint density at radius 3 is 2.00 bits per heavy atom. The monoisotopic (exact) mass is 273 g/mol. The molecule has 0 radical (unpaired) electrons. The van der Waals surface area contributed by atoms with Crippen LogP contribution in [0.4, 0.5) is 0 Å². The van der Waals surface area contributed by atoms with Crippen molar-refractivity contribution in [2.75, 3.05) is 6.54 Å². The van der Waals surface area contributed by atoms with Crippen LogP contribution in [-0.2, 0) is 4.53 Å². The largest absolute Gasteiger partial charge is 0.343 e. The Bertz CT molecular complexity index is 266. The van der Waals surface area contributed by atoms with Crippen molar-refractivity contribution in [1.82, 2.24) is 5.06 Å². The topological polar surface area (TPSA) is 12.5 Å². The maximum atomic E-state index is 6.51. The lowest BCUT2D eigenvalue weighted by Gasteiger charge is -2.42. The molecule has 1 aliphatic rings. The summed E-state index contributed by atoms with van der Waals surface area (Å²) in [6.45, 7) is 20.2. The number of nitrogens with zero attached hydrogens (tertiary/aromatic N) is 1. The molecule has 0 aromatic rings. The second-order valence-corrected chi connectivity index (χ2v) is 18.1. The van der Waals surface area contributed by atoms with Crippen LogP contribution >= 0.6 is 0 Å². The van der Waals surface area contributed by atoms with Crippen molar-refractivity contribution in [3.05, 3.63) is 0 Å². The minimum absolute atomic E-state index is 0.305. The Balaban J connectivity index is 2.75. The van der Waals surface area contributed by atoms with E-state index in [4.69, 9.17) is 4.53 Å². The van der Waals surface area contributed by atoms with Crippen molar-refractivity contribution in [2.24, 2.45) is 0 Å². The first-order chi connectivity index (χ1) is 7.45. The van der Waals surface area contributed by atoms with Crippen molar-refractivity contribution >= 4 is 16.4 Å². The van der Waals surface area contributed by atoms with E-state index in [0.717, 1.165) is 12.2 Å². The summed E-state index contributed by atoms with van der Waals surface area (Å²) in [4.78, 5) is 0. The average Bonchev–Trinajstić information content (AvgIpc) is 2.47. The van der Waals surface area contributed by atoms with E-state index in [1.54, 1.807) is 0 Å². The Morgan fingerprint density at radius 1 is 1.06 bits per heavy atom. The SMILES string of the molecule is CC(C)(C)[Si](C)(C)ON1CCC[C@@H]1[Si](C)(C)C. The normalized spacial score (nSPS) is 24.4. The molecule has 0 spiro atoms. The van der Waals surface area contributed by atoms with E-state index in [9.17, 15) is 0 Å². The molecule has 102 valence electrons. The van der Waals surface area contributed by atoms with Crippen LogP contribution in [0.2, 0.25) is 37.8 Å². The van der Waals surface area contributed by atoms with Gasteiger partial charge in [-0.3, -0.25) is 0 Å². The first-order valence-electron chi connectivity index (χ1n) is 6.91. The molecule has 0 saturated carbocycles. The number of rotatable bonds is 3. The minimum Gasteiger partial charge on any atom is -0.343 e. The molecule has 2 nitrogen and oxygen atoms in total. The molecule has 0 aliphatic carbocycles. The molecular weight excluding hydrogens is 242 g/mol. The summed E-state index contributed by atoms with van der Waals surface area (Å²) in [5.41, 5.74) is 0.719. The Hall–Kier alpha value is 0.354. The van der Waals surface area contributed by atoms with Gasteiger partial charge in [0.2, 0.25) is 8.32 Å². The molecule has 17 heavy (non-hydrogen) atoms. The molecule has 0 amide bonds. The summed E-state index contributed by atoms with van der Waals surface area (Å²) in [5, 5.41) is 2.67. The van der Waals surface area contributed by atoms with Crippen molar-refractivity contribution in [2.45, 2.75) is 77.1 Å². The second-order valence-electron chi connectivity index (χ2n) is 8.02. The van der Waals surface area contributed by atoms with Gasteiger partial charge in [-0.2, -0.15) is 0 Å². The van der Waals surface area contributed by atoms with Gasteiger partial charge in [-0.15, -0.1) is 0 Å². The molecule has 0 aromatic heterocycles. The van der Waals surface area contributed by atoms with Crippen LogP contribution in [-0.4, -0.2) is 33.7 Å². The lowest BCUT2D eigenvalue weighted by molar-refractivity contribution is -0.0656. The zero-order chi connectivity index (χ0) is 13.5. The van der Waals surface area contributed by atoms with E-state index < -0.39 is 16.4 Å².